The molecule has 150 valence electrons. The minimum Gasteiger partial charge on any atom is -0.324 e. The van der Waals surface area contributed by atoms with E-state index in [0.717, 1.165) is 27.6 Å². The van der Waals surface area contributed by atoms with Gasteiger partial charge in [0.2, 0.25) is 15.9 Å². The van der Waals surface area contributed by atoms with Gasteiger partial charge < -0.3 is 5.32 Å². The molecule has 0 spiro atoms. The van der Waals surface area contributed by atoms with Gasteiger partial charge in [0.05, 0.1) is 4.90 Å². The molecular formula is C23H24N2O3S. The normalized spacial score (nSPS) is 17.5. The Bertz CT molecular complexity index is 1170. The van der Waals surface area contributed by atoms with Gasteiger partial charge in [0.15, 0.2) is 0 Å². The first-order valence-electron chi connectivity index (χ1n) is 9.75. The summed E-state index contributed by atoms with van der Waals surface area (Å²) >= 11 is 0. The molecular weight excluding hydrogens is 384 g/mol. The van der Waals surface area contributed by atoms with Crippen LogP contribution in [0.25, 0.3) is 10.8 Å². The van der Waals surface area contributed by atoms with E-state index in [2.05, 4.69) is 5.32 Å². The summed E-state index contributed by atoms with van der Waals surface area (Å²) in [7, 11) is -3.76. The Morgan fingerprint density at radius 1 is 0.966 bits per heavy atom. The standard InChI is InChI=1S/C23H24N2O3S/c1-16-7-5-8-17(2)22(16)24-23(26)21-11-6-14-25(21)29(27,28)20-13-12-18-9-3-4-10-19(18)15-20/h3-5,7-10,12-13,15,21H,6,11,14H2,1-2H3,(H,24,26). The molecule has 1 amide bonds. The van der Waals surface area contributed by atoms with Crippen molar-refractivity contribution < 1.29 is 13.2 Å². The largest absolute Gasteiger partial charge is 0.324 e. The quantitative estimate of drug-likeness (QED) is 0.702. The van der Waals surface area contributed by atoms with Crippen molar-refractivity contribution in [2.75, 3.05) is 11.9 Å². The first-order chi connectivity index (χ1) is 13.9. The van der Waals surface area contributed by atoms with Crippen LogP contribution >= 0.6 is 0 Å². The minimum absolute atomic E-state index is 0.225. The lowest BCUT2D eigenvalue weighted by Crippen LogP contribution is -2.43. The van der Waals surface area contributed by atoms with Crippen molar-refractivity contribution >= 4 is 32.4 Å². The smallest absolute Gasteiger partial charge is 0.243 e. The summed E-state index contributed by atoms with van der Waals surface area (Å²) in [5.41, 5.74) is 2.67. The molecule has 5 nitrogen and oxygen atoms in total. The molecule has 0 radical (unpaired) electrons. The van der Waals surface area contributed by atoms with E-state index in [0.29, 0.717) is 19.4 Å². The zero-order valence-corrected chi connectivity index (χ0v) is 17.4. The van der Waals surface area contributed by atoms with E-state index < -0.39 is 16.1 Å². The number of nitrogens with zero attached hydrogens (tertiary/aromatic N) is 1. The van der Waals surface area contributed by atoms with Crippen LogP contribution in [0.3, 0.4) is 0 Å². The van der Waals surface area contributed by atoms with Gasteiger partial charge in [-0.2, -0.15) is 4.31 Å². The van der Waals surface area contributed by atoms with Gasteiger partial charge in [-0.05, 0) is 60.7 Å². The van der Waals surface area contributed by atoms with E-state index in [-0.39, 0.29) is 10.8 Å². The molecule has 0 bridgehead atoms. The van der Waals surface area contributed by atoms with E-state index in [9.17, 15) is 13.2 Å². The SMILES string of the molecule is Cc1cccc(C)c1NC(=O)C1CCCN1S(=O)(=O)c1ccc2ccccc2c1. The van der Waals surface area contributed by atoms with Gasteiger partial charge in [-0.3, -0.25) is 4.79 Å². The van der Waals surface area contributed by atoms with E-state index in [1.54, 1.807) is 12.1 Å². The van der Waals surface area contributed by atoms with Gasteiger partial charge in [-0.1, -0.05) is 48.5 Å². The van der Waals surface area contributed by atoms with Crippen LogP contribution in [0.5, 0.6) is 0 Å². The van der Waals surface area contributed by atoms with Gasteiger partial charge in [-0.25, -0.2) is 8.42 Å². The molecule has 0 saturated carbocycles. The van der Waals surface area contributed by atoms with Crippen molar-refractivity contribution in [3.8, 4) is 0 Å². The number of anilines is 1. The fraction of sp³-hybridized carbons (Fsp3) is 0.261. The number of carbonyl (C=O) groups is 1. The number of carbonyl (C=O) groups excluding carboxylic acids is 1. The number of fused-ring (bicyclic) bond motifs is 1. The topological polar surface area (TPSA) is 66.5 Å². The van der Waals surface area contributed by atoms with E-state index >= 15 is 0 Å². The third-order valence-electron chi connectivity index (χ3n) is 5.56. The number of amides is 1. The molecule has 1 aliphatic heterocycles. The van der Waals surface area contributed by atoms with Crippen molar-refractivity contribution in [3.63, 3.8) is 0 Å². The Morgan fingerprint density at radius 3 is 2.38 bits per heavy atom. The summed E-state index contributed by atoms with van der Waals surface area (Å²) in [4.78, 5) is 13.2. The Kier molecular flexibility index (Phi) is 5.15. The number of benzene rings is 3. The Morgan fingerprint density at radius 2 is 1.66 bits per heavy atom. The van der Waals surface area contributed by atoms with Crippen molar-refractivity contribution in [2.24, 2.45) is 0 Å². The second kappa shape index (κ2) is 7.61. The molecule has 1 aliphatic rings. The molecule has 1 N–H and O–H groups in total. The Hall–Kier alpha value is -2.70. The molecule has 4 rings (SSSR count). The van der Waals surface area contributed by atoms with Gasteiger partial charge in [0.1, 0.15) is 6.04 Å². The zero-order chi connectivity index (χ0) is 20.6. The van der Waals surface area contributed by atoms with Gasteiger partial charge >= 0.3 is 0 Å². The average Bonchev–Trinajstić information content (AvgIpc) is 3.21. The van der Waals surface area contributed by atoms with Crippen LogP contribution in [-0.4, -0.2) is 31.2 Å². The number of hydrogen-bond donors (Lipinski definition) is 1. The number of hydrogen-bond acceptors (Lipinski definition) is 3. The third-order valence-corrected chi connectivity index (χ3v) is 7.47. The fourth-order valence-electron chi connectivity index (χ4n) is 3.97. The Balaban J connectivity index is 1.63. The van der Waals surface area contributed by atoms with Gasteiger partial charge in [0, 0.05) is 12.2 Å². The molecule has 1 saturated heterocycles. The second-order valence-corrected chi connectivity index (χ2v) is 9.43. The summed E-state index contributed by atoms with van der Waals surface area (Å²) in [6.07, 6.45) is 1.18. The molecule has 3 aromatic carbocycles. The van der Waals surface area contributed by atoms with Gasteiger partial charge in [-0.15, -0.1) is 0 Å². The second-order valence-electron chi connectivity index (χ2n) is 7.54. The zero-order valence-electron chi connectivity index (χ0n) is 16.6. The molecule has 1 unspecified atom stereocenters. The molecule has 0 aromatic heterocycles. The molecule has 29 heavy (non-hydrogen) atoms. The minimum atomic E-state index is -3.76. The summed E-state index contributed by atoms with van der Waals surface area (Å²) < 4.78 is 28.0. The highest BCUT2D eigenvalue weighted by Gasteiger charge is 2.39. The average molecular weight is 409 g/mol. The lowest BCUT2D eigenvalue weighted by Gasteiger charge is -2.24. The van der Waals surface area contributed by atoms with Crippen LogP contribution in [0.2, 0.25) is 0 Å². The summed E-state index contributed by atoms with van der Waals surface area (Å²) in [6.45, 7) is 4.21. The maximum atomic E-state index is 13.3. The van der Waals surface area contributed by atoms with E-state index in [4.69, 9.17) is 0 Å². The van der Waals surface area contributed by atoms with Crippen molar-refractivity contribution in [1.82, 2.24) is 4.31 Å². The summed E-state index contributed by atoms with van der Waals surface area (Å²) in [6, 6.07) is 17.9. The maximum Gasteiger partial charge on any atom is 0.243 e. The number of sulfonamides is 1. The lowest BCUT2D eigenvalue weighted by atomic mass is 10.1. The molecule has 3 aromatic rings. The fourth-order valence-corrected chi connectivity index (χ4v) is 5.66. The number of rotatable bonds is 4. The monoisotopic (exact) mass is 408 g/mol. The van der Waals surface area contributed by atoms with Crippen LogP contribution in [0, 0.1) is 13.8 Å². The third kappa shape index (κ3) is 3.66. The number of para-hydroxylation sites is 1. The van der Waals surface area contributed by atoms with E-state index in [1.165, 1.54) is 4.31 Å². The van der Waals surface area contributed by atoms with Crippen LogP contribution in [0.1, 0.15) is 24.0 Å². The van der Waals surface area contributed by atoms with Crippen LogP contribution in [0.4, 0.5) is 5.69 Å². The maximum absolute atomic E-state index is 13.3. The molecule has 1 heterocycles. The first-order valence-corrected chi connectivity index (χ1v) is 11.2. The predicted octanol–water partition coefficient (Wildman–Crippen LogP) is 4.25. The molecule has 1 atom stereocenters. The van der Waals surface area contributed by atoms with Gasteiger partial charge in [0.25, 0.3) is 0 Å². The van der Waals surface area contributed by atoms with Crippen molar-refractivity contribution in [3.05, 3.63) is 71.8 Å². The number of aryl methyl sites for hydroxylation is 2. The highest BCUT2D eigenvalue weighted by Crippen LogP contribution is 2.29. The number of nitrogens with one attached hydrogen (secondary N) is 1. The molecule has 6 heteroatoms. The summed E-state index contributed by atoms with van der Waals surface area (Å²) in [5.74, 6) is -0.274. The van der Waals surface area contributed by atoms with Crippen molar-refractivity contribution in [1.29, 1.82) is 0 Å². The van der Waals surface area contributed by atoms with Crippen molar-refractivity contribution in [2.45, 2.75) is 37.6 Å². The highest BCUT2D eigenvalue weighted by atomic mass is 32.2. The van der Waals surface area contributed by atoms with Crippen LogP contribution in [-0.2, 0) is 14.8 Å². The Labute approximate surface area is 171 Å². The first kappa shape index (κ1) is 19.6. The molecule has 1 fully saturated rings. The lowest BCUT2D eigenvalue weighted by molar-refractivity contribution is -0.119. The van der Waals surface area contributed by atoms with Crippen LogP contribution < -0.4 is 5.32 Å². The van der Waals surface area contributed by atoms with Crippen LogP contribution in [0.15, 0.2) is 65.6 Å². The molecule has 0 aliphatic carbocycles. The van der Waals surface area contributed by atoms with E-state index in [1.807, 2.05) is 62.4 Å². The highest BCUT2D eigenvalue weighted by molar-refractivity contribution is 7.89. The summed E-state index contributed by atoms with van der Waals surface area (Å²) in [5, 5.41) is 4.81. The predicted molar refractivity (Wildman–Crippen MR) is 115 cm³/mol.